The van der Waals surface area contributed by atoms with Gasteiger partial charge in [0.1, 0.15) is 0 Å². The Morgan fingerprint density at radius 1 is 1.30 bits per heavy atom. The molecule has 1 saturated heterocycles. The summed E-state index contributed by atoms with van der Waals surface area (Å²) < 4.78 is 38.7. The van der Waals surface area contributed by atoms with Crippen LogP contribution in [-0.4, -0.2) is 43.7 Å². The Morgan fingerprint density at radius 3 is 2.52 bits per heavy atom. The lowest BCUT2D eigenvalue weighted by Gasteiger charge is -2.36. The molecule has 23 heavy (non-hydrogen) atoms. The van der Waals surface area contributed by atoms with Crippen molar-refractivity contribution in [1.29, 1.82) is 0 Å². The standard InChI is InChI=1S/C15H17ClF3N3O/c1-2-5-20-14(23)22-8-6-21(7-9-22)11-3-4-13(16)12(10-11)15(17,18)19/h2-4,10H,1,5-9H2,(H,20,23). The maximum atomic E-state index is 12.9. The van der Waals surface area contributed by atoms with Crippen LogP contribution in [0, 0.1) is 0 Å². The van der Waals surface area contributed by atoms with Crippen LogP contribution in [0.3, 0.4) is 0 Å². The SMILES string of the molecule is C=CCNC(=O)N1CCN(c2ccc(Cl)c(C(F)(F)F)c2)CC1. The molecule has 1 aliphatic rings. The molecule has 1 aromatic rings. The van der Waals surface area contributed by atoms with E-state index in [0.29, 0.717) is 38.4 Å². The van der Waals surface area contributed by atoms with Crippen LogP contribution >= 0.6 is 11.6 Å². The maximum Gasteiger partial charge on any atom is 0.417 e. The van der Waals surface area contributed by atoms with Gasteiger partial charge in [-0.15, -0.1) is 6.58 Å². The van der Waals surface area contributed by atoms with E-state index in [4.69, 9.17) is 11.6 Å². The number of benzene rings is 1. The van der Waals surface area contributed by atoms with Crippen LogP contribution in [0.2, 0.25) is 5.02 Å². The second-order valence-electron chi connectivity index (χ2n) is 5.11. The van der Waals surface area contributed by atoms with E-state index in [1.165, 1.54) is 6.07 Å². The predicted octanol–water partition coefficient (Wildman–Crippen LogP) is 3.38. The number of halogens is 4. The molecule has 0 unspecified atom stereocenters. The van der Waals surface area contributed by atoms with Gasteiger partial charge >= 0.3 is 12.2 Å². The molecule has 126 valence electrons. The first kappa shape index (κ1) is 17.5. The van der Waals surface area contributed by atoms with Crippen LogP contribution in [0.15, 0.2) is 30.9 Å². The van der Waals surface area contributed by atoms with Gasteiger partial charge in [-0.25, -0.2) is 4.79 Å². The fourth-order valence-corrected chi connectivity index (χ4v) is 2.59. The summed E-state index contributed by atoms with van der Waals surface area (Å²) in [4.78, 5) is 15.2. The zero-order chi connectivity index (χ0) is 17.0. The summed E-state index contributed by atoms with van der Waals surface area (Å²) in [5, 5.41) is 2.36. The lowest BCUT2D eigenvalue weighted by Crippen LogP contribution is -2.51. The summed E-state index contributed by atoms with van der Waals surface area (Å²) in [6.45, 7) is 5.69. The van der Waals surface area contributed by atoms with Gasteiger partial charge in [0.15, 0.2) is 0 Å². The third-order valence-electron chi connectivity index (χ3n) is 3.59. The van der Waals surface area contributed by atoms with Crippen molar-refractivity contribution in [2.45, 2.75) is 6.18 Å². The molecule has 4 nitrogen and oxygen atoms in total. The molecule has 0 saturated carbocycles. The van der Waals surface area contributed by atoms with Gasteiger partial charge in [-0.1, -0.05) is 17.7 Å². The number of nitrogens with zero attached hydrogens (tertiary/aromatic N) is 2. The molecule has 1 heterocycles. The maximum absolute atomic E-state index is 12.9. The van der Waals surface area contributed by atoms with Crippen LogP contribution in [-0.2, 0) is 6.18 Å². The fourth-order valence-electron chi connectivity index (χ4n) is 2.37. The number of urea groups is 1. The number of carbonyl (C=O) groups is 1. The number of amides is 2. The number of alkyl halides is 3. The average Bonchev–Trinajstić information content (AvgIpc) is 2.52. The van der Waals surface area contributed by atoms with Crippen molar-refractivity contribution in [1.82, 2.24) is 10.2 Å². The van der Waals surface area contributed by atoms with E-state index < -0.39 is 11.7 Å². The van der Waals surface area contributed by atoms with E-state index in [2.05, 4.69) is 11.9 Å². The largest absolute Gasteiger partial charge is 0.417 e. The number of nitrogens with one attached hydrogen (secondary N) is 1. The van der Waals surface area contributed by atoms with Crippen molar-refractivity contribution in [2.75, 3.05) is 37.6 Å². The second-order valence-corrected chi connectivity index (χ2v) is 5.52. The Bertz CT molecular complexity index is 584. The molecule has 0 atom stereocenters. The molecule has 0 aromatic heterocycles. The van der Waals surface area contributed by atoms with Crippen LogP contribution in [0.5, 0.6) is 0 Å². The van der Waals surface area contributed by atoms with E-state index in [0.717, 1.165) is 6.07 Å². The zero-order valence-electron chi connectivity index (χ0n) is 12.4. The summed E-state index contributed by atoms with van der Waals surface area (Å²) in [6, 6.07) is 3.67. The van der Waals surface area contributed by atoms with Crippen molar-refractivity contribution in [3.63, 3.8) is 0 Å². The van der Waals surface area contributed by atoms with E-state index in [1.54, 1.807) is 17.0 Å². The highest BCUT2D eigenvalue weighted by Gasteiger charge is 2.34. The van der Waals surface area contributed by atoms with Gasteiger partial charge in [0.2, 0.25) is 0 Å². The van der Waals surface area contributed by atoms with Gasteiger partial charge < -0.3 is 15.1 Å². The molecule has 1 fully saturated rings. The summed E-state index contributed by atoms with van der Waals surface area (Å²) in [5.74, 6) is 0. The molecule has 1 aliphatic heterocycles. The monoisotopic (exact) mass is 347 g/mol. The van der Waals surface area contributed by atoms with Crippen molar-refractivity contribution in [2.24, 2.45) is 0 Å². The Hall–Kier alpha value is -1.89. The number of hydrogen-bond acceptors (Lipinski definition) is 2. The smallest absolute Gasteiger partial charge is 0.368 e. The molecule has 0 spiro atoms. The van der Waals surface area contributed by atoms with Crippen LogP contribution in [0.1, 0.15) is 5.56 Å². The number of carbonyl (C=O) groups excluding carboxylic acids is 1. The number of hydrogen-bond donors (Lipinski definition) is 1. The molecule has 0 aliphatic carbocycles. The Balaban J connectivity index is 2.03. The van der Waals surface area contributed by atoms with Gasteiger partial charge in [0.25, 0.3) is 0 Å². The minimum absolute atomic E-state index is 0.198. The highest BCUT2D eigenvalue weighted by molar-refractivity contribution is 6.31. The van der Waals surface area contributed by atoms with E-state index >= 15 is 0 Å². The van der Waals surface area contributed by atoms with Crippen molar-refractivity contribution in [3.8, 4) is 0 Å². The topological polar surface area (TPSA) is 35.6 Å². The van der Waals surface area contributed by atoms with Gasteiger partial charge in [-0.05, 0) is 18.2 Å². The molecule has 0 bridgehead atoms. The molecular formula is C15H17ClF3N3O. The number of rotatable bonds is 3. The molecule has 0 radical (unpaired) electrons. The fraction of sp³-hybridized carbons (Fsp3) is 0.400. The molecule has 8 heteroatoms. The summed E-state index contributed by atoms with van der Waals surface area (Å²) in [5.41, 5.74) is -0.393. The minimum Gasteiger partial charge on any atom is -0.368 e. The second kappa shape index (κ2) is 7.12. The van der Waals surface area contributed by atoms with Crippen LogP contribution < -0.4 is 10.2 Å². The first-order valence-electron chi connectivity index (χ1n) is 7.08. The highest BCUT2D eigenvalue weighted by atomic mass is 35.5. The van der Waals surface area contributed by atoms with Crippen LogP contribution in [0.4, 0.5) is 23.7 Å². The molecule has 1 N–H and O–H groups in total. The van der Waals surface area contributed by atoms with E-state index in [-0.39, 0.29) is 11.1 Å². The number of anilines is 1. The molecule has 2 amide bonds. The van der Waals surface area contributed by atoms with E-state index in [9.17, 15) is 18.0 Å². The first-order chi connectivity index (χ1) is 10.8. The Kier molecular flexibility index (Phi) is 5.41. The first-order valence-corrected chi connectivity index (χ1v) is 7.46. The summed E-state index contributed by atoms with van der Waals surface area (Å²) >= 11 is 5.63. The molecular weight excluding hydrogens is 331 g/mol. The predicted molar refractivity (Wildman–Crippen MR) is 83.8 cm³/mol. The third kappa shape index (κ3) is 4.31. The van der Waals surface area contributed by atoms with Gasteiger partial charge in [-0.3, -0.25) is 0 Å². The van der Waals surface area contributed by atoms with Crippen molar-refractivity contribution < 1.29 is 18.0 Å². The average molecular weight is 348 g/mol. The molecule has 1 aromatic carbocycles. The highest BCUT2D eigenvalue weighted by Crippen LogP contribution is 2.37. The lowest BCUT2D eigenvalue weighted by atomic mass is 10.1. The normalized spacial score (nSPS) is 15.5. The van der Waals surface area contributed by atoms with E-state index in [1.807, 2.05) is 4.90 Å². The zero-order valence-corrected chi connectivity index (χ0v) is 13.1. The van der Waals surface area contributed by atoms with Crippen LogP contribution in [0.25, 0.3) is 0 Å². The lowest BCUT2D eigenvalue weighted by molar-refractivity contribution is -0.137. The third-order valence-corrected chi connectivity index (χ3v) is 3.91. The van der Waals surface area contributed by atoms with Gasteiger partial charge in [-0.2, -0.15) is 13.2 Å². The Labute approximate surface area is 137 Å². The van der Waals surface area contributed by atoms with Crippen molar-refractivity contribution >= 4 is 23.3 Å². The molecule has 2 rings (SSSR count). The minimum atomic E-state index is -4.49. The quantitative estimate of drug-likeness (QED) is 0.851. The summed E-state index contributed by atoms with van der Waals surface area (Å²) in [6.07, 6.45) is -2.90. The van der Waals surface area contributed by atoms with Crippen molar-refractivity contribution in [3.05, 3.63) is 41.4 Å². The Morgan fingerprint density at radius 2 is 1.96 bits per heavy atom. The van der Waals surface area contributed by atoms with Gasteiger partial charge in [0.05, 0.1) is 10.6 Å². The number of piperazine rings is 1. The van der Waals surface area contributed by atoms with Gasteiger partial charge in [0, 0.05) is 38.4 Å². The summed E-state index contributed by atoms with van der Waals surface area (Å²) in [7, 11) is 0.